The van der Waals surface area contributed by atoms with Crippen molar-refractivity contribution in [2.75, 3.05) is 6.54 Å². The van der Waals surface area contributed by atoms with E-state index in [0.717, 1.165) is 18.7 Å². The molecule has 4 nitrogen and oxygen atoms in total. The van der Waals surface area contributed by atoms with E-state index in [2.05, 4.69) is 22.2 Å². The topological polar surface area (TPSA) is 47.0 Å². The van der Waals surface area contributed by atoms with E-state index in [0.29, 0.717) is 16.7 Å². The zero-order valence-corrected chi connectivity index (χ0v) is 10.8. The molecule has 0 aliphatic heterocycles. The van der Waals surface area contributed by atoms with Crippen LogP contribution >= 0.6 is 11.6 Å². The van der Waals surface area contributed by atoms with Crippen LogP contribution in [0.2, 0.25) is 5.02 Å². The molecule has 0 unspecified atom stereocenters. The molecule has 0 fully saturated rings. The van der Waals surface area contributed by atoms with Crippen molar-refractivity contribution in [3.63, 3.8) is 0 Å². The van der Waals surface area contributed by atoms with Crippen LogP contribution < -0.4 is 10.1 Å². The lowest BCUT2D eigenvalue weighted by atomic mass is 10.3. The van der Waals surface area contributed by atoms with Gasteiger partial charge in [-0.05, 0) is 12.1 Å². The average molecular weight is 264 g/mol. The van der Waals surface area contributed by atoms with Gasteiger partial charge in [0.25, 0.3) is 0 Å². The van der Waals surface area contributed by atoms with Gasteiger partial charge in [-0.1, -0.05) is 24.6 Å². The van der Waals surface area contributed by atoms with Gasteiger partial charge in [0.15, 0.2) is 0 Å². The normalized spacial score (nSPS) is 10.3. The highest BCUT2D eigenvalue weighted by Crippen LogP contribution is 2.21. The number of hydrogen-bond acceptors (Lipinski definition) is 4. The largest absolute Gasteiger partial charge is 0.437 e. The molecule has 0 bridgehead atoms. The summed E-state index contributed by atoms with van der Waals surface area (Å²) >= 11 is 5.82. The van der Waals surface area contributed by atoms with E-state index in [1.165, 1.54) is 0 Å². The minimum Gasteiger partial charge on any atom is -0.437 e. The van der Waals surface area contributed by atoms with Gasteiger partial charge >= 0.3 is 0 Å². The van der Waals surface area contributed by atoms with Gasteiger partial charge in [0, 0.05) is 31.1 Å². The number of hydrogen-bond donors (Lipinski definition) is 1. The fourth-order valence-electron chi connectivity index (χ4n) is 1.41. The molecule has 0 saturated carbocycles. The number of pyridine rings is 2. The zero-order valence-electron chi connectivity index (χ0n) is 10.1. The van der Waals surface area contributed by atoms with Crippen LogP contribution in [0.15, 0.2) is 36.8 Å². The van der Waals surface area contributed by atoms with Gasteiger partial charge in [0.2, 0.25) is 5.88 Å². The molecule has 0 aliphatic carbocycles. The SMILES string of the molecule is CCNCc1ccc(Oc2cncc(Cl)c2)nc1. The maximum absolute atomic E-state index is 5.82. The summed E-state index contributed by atoms with van der Waals surface area (Å²) in [4.78, 5) is 8.17. The standard InChI is InChI=1S/C13H14ClN3O/c1-2-15-6-10-3-4-13(17-7-10)18-12-5-11(14)8-16-9-12/h3-5,7-9,15H,2,6H2,1H3. The van der Waals surface area contributed by atoms with Crippen LogP contribution in [0.4, 0.5) is 0 Å². The molecule has 0 amide bonds. The van der Waals surface area contributed by atoms with E-state index < -0.39 is 0 Å². The number of ether oxygens (including phenoxy) is 1. The van der Waals surface area contributed by atoms with E-state index in [1.807, 2.05) is 12.1 Å². The molecule has 2 heterocycles. The van der Waals surface area contributed by atoms with Gasteiger partial charge in [-0.3, -0.25) is 4.98 Å². The Morgan fingerprint density at radius 3 is 2.83 bits per heavy atom. The molecule has 0 aromatic carbocycles. The molecule has 2 aromatic heterocycles. The van der Waals surface area contributed by atoms with Crippen molar-refractivity contribution in [3.05, 3.63) is 47.4 Å². The first kappa shape index (κ1) is 12.8. The van der Waals surface area contributed by atoms with Gasteiger partial charge < -0.3 is 10.1 Å². The molecule has 18 heavy (non-hydrogen) atoms. The molecule has 0 spiro atoms. The van der Waals surface area contributed by atoms with Gasteiger partial charge in [-0.2, -0.15) is 0 Å². The molecule has 94 valence electrons. The average Bonchev–Trinajstić information content (AvgIpc) is 2.38. The Labute approximate surface area is 111 Å². The minimum absolute atomic E-state index is 0.527. The lowest BCUT2D eigenvalue weighted by Gasteiger charge is -2.06. The van der Waals surface area contributed by atoms with Crippen molar-refractivity contribution >= 4 is 11.6 Å². The molecule has 1 N–H and O–H groups in total. The maximum Gasteiger partial charge on any atom is 0.219 e. The van der Waals surface area contributed by atoms with Crippen molar-refractivity contribution in [2.45, 2.75) is 13.5 Å². The highest BCUT2D eigenvalue weighted by atomic mass is 35.5. The molecule has 0 saturated heterocycles. The fraction of sp³-hybridized carbons (Fsp3) is 0.231. The summed E-state index contributed by atoms with van der Waals surface area (Å²) in [5.41, 5.74) is 1.12. The van der Waals surface area contributed by atoms with Gasteiger partial charge in [0.1, 0.15) is 5.75 Å². The maximum atomic E-state index is 5.82. The van der Waals surface area contributed by atoms with Crippen LogP contribution in [-0.2, 0) is 6.54 Å². The predicted octanol–water partition coefficient (Wildman–Crippen LogP) is 3.03. The first-order chi connectivity index (χ1) is 8.78. The Hall–Kier alpha value is -1.65. The molecule has 2 aromatic rings. The van der Waals surface area contributed by atoms with Crippen LogP contribution in [0.3, 0.4) is 0 Å². The summed E-state index contributed by atoms with van der Waals surface area (Å²) in [5, 5.41) is 3.77. The van der Waals surface area contributed by atoms with Crippen molar-refractivity contribution in [3.8, 4) is 11.6 Å². The second-order valence-corrected chi connectivity index (χ2v) is 4.16. The molecule has 0 radical (unpaired) electrons. The van der Waals surface area contributed by atoms with Crippen molar-refractivity contribution in [1.29, 1.82) is 0 Å². The predicted molar refractivity (Wildman–Crippen MR) is 70.9 cm³/mol. The van der Waals surface area contributed by atoms with E-state index >= 15 is 0 Å². The Balaban J connectivity index is 2.02. The first-order valence-electron chi connectivity index (χ1n) is 5.72. The zero-order chi connectivity index (χ0) is 12.8. The van der Waals surface area contributed by atoms with Crippen LogP contribution in [0.25, 0.3) is 0 Å². The quantitative estimate of drug-likeness (QED) is 0.901. The van der Waals surface area contributed by atoms with Gasteiger partial charge in [-0.25, -0.2) is 4.98 Å². The van der Waals surface area contributed by atoms with Gasteiger partial charge in [0.05, 0.1) is 11.2 Å². The summed E-state index contributed by atoms with van der Waals surface area (Å²) in [6, 6.07) is 5.50. The summed E-state index contributed by atoms with van der Waals surface area (Å²) in [7, 11) is 0. The summed E-state index contributed by atoms with van der Waals surface area (Å²) in [6.45, 7) is 3.81. The summed E-state index contributed by atoms with van der Waals surface area (Å²) < 4.78 is 5.54. The number of aromatic nitrogens is 2. The number of halogens is 1. The smallest absolute Gasteiger partial charge is 0.219 e. The minimum atomic E-state index is 0.527. The fourth-order valence-corrected chi connectivity index (χ4v) is 1.58. The first-order valence-corrected chi connectivity index (χ1v) is 6.10. The van der Waals surface area contributed by atoms with Crippen molar-refractivity contribution in [1.82, 2.24) is 15.3 Å². The monoisotopic (exact) mass is 263 g/mol. The Morgan fingerprint density at radius 2 is 2.17 bits per heavy atom. The highest BCUT2D eigenvalue weighted by molar-refractivity contribution is 6.30. The van der Waals surface area contributed by atoms with E-state index in [1.54, 1.807) is 24.7 Å². The third-order valence-electron chi connectivity index (χ3n) is 2.28. The molecule has 2 rings (SSSR count). The lowest BCUT2D eigenvalue weighted by Crippen LogP contribution is -2.11. The van der Waals surface area contributed by atoms with Crippen LogP contribution in [-0.4, -0.2) is 16.5 Å². The number of nitrogens with zero attached hydrogens (tertiary/aromatic N) is 2. The third-order valence-corrected chi connectivity index (χ3v) is 2.49. The number of nitrogens with one attached hydrogen (secondary N) is 1. The van der Waals surface area contributed by atoms with Gasteiger partial charge in [-0.15, -0.1) is 0 Å². The molecular formula is C13H14ClN3O. The van der Waals surface area contributed by atoms with E-state index in [4.69, 9.17) is 16.3 Å². The summed E-state index contributed by atoms with van der Waals surface area (Å²) in [5.74, 6) is 1.11. The van der Waals surface area contributed by atoms with E-state index in [9.17, 15) is 0 Å². The van der Waals surface area contributed by atoms with Crippen molar-refractivity contribution < 1.29 is 4.74 Å². The molecular weight excluding hydrogens is 250 g/mol. The van der Waals surface area contributed by atoms with Crippen molar-refractivity contribution in [2.24, 2.45) is 0 Å². The molecule has 0 aliphatic rings. The van der Waals surface area contributed by atoms with Crippen LogP contribution in [0, 0.1) is 0 Å². The number of rotatable bonds is 5. The highest BCUT2D eigenvalue weighted by Gasteiger charge is 2.00. The van der Waals surface area contributed by atoms with Crippen LogP contribution in [0.5, 0.6) is 11.6 Å². The Kier molecular flexibility index (Phi) is 4.50. The second kappa shape index (κ2) is 6.33. The Morgan fingerprint density at radius 1 is 1.28 bits per heavy atom. The lowest BCUT2D eigenvalue weighted by molar-refractivity contribution is 0.460. The third kappa shape index (κ3) is 3.68. The van der Waals surface area contributed by atoms with E-state index in [-0.39, 0.29) is 0 Å². The molecule has 0 atom stereocenters. The molecule has 5 heteroatoms. The van der Waals surface area contributed by atoms with Crippen LogP contribution in [0.1, 0.15) is 12.5 Å². The Bertz CT molecular complexity index is 502. The summed E-state index contributed by atoms with van der Waals surface area (Å²) in [6.07, 6.45) is 4.94. The second-order valence-electron chi connectivity index (χ2n) is 3.73.